The number of nitrogens with zero attached hydrogens (tertiary/aromatic N) is 1. The van der Waals surface area contributed by atoms with Crippen molar-refractivity contribution < 1.29 is 8.42 Å². The summed E-state index contributed by atoms with van der Waals surface area (Å²) in [5, 5.41) is 0. The Morgan fingerprint density at radius 1 is 1.32 bits per heavy atom. The van der Waals surface area contributed by atoms with Crippen LogP contribution in [0, 0.1) is 0 Å². The Balaban J connectivity index is 2.19. The quantitative estimate of drug-likeness (QED) is 0.831. The first-order valence-corrected chi connectivity index (χ1v) is 7.70. The molecular formula is C12H12BrN3O2S. The number of pyridine rings is 1. The zero-order chi connectivity index (χ0) is 13.9. The number of aromatic nitrogens is 1. The van der Waals surface area contributed by atoms with Crippen LogP contribution in [0.5, 0.6) is 0 Å². The summed E-state index contributed by atoms with van der Waals surface area (Å²) in [5.74, 6) is 0. The van der Waals surface area contributed by atoms with Gasteiger partial charge in [0.15, 0.2) is 0 Å². The molecule has 0 radical (unpaired) electrons. The van der Waals surface area contributed by atoms with Crippen molar-refractivity contribution in [3.63, 3.8) is 0 Å². The first-order chi connectivity index (χ1) is 8.99. The number of nitrogens with one attached hydrogen (secondary N) is 1. The number of nitrogen functional groups attached to an aromatic ring is 1. The Hall–Kier alpha value is -1.44. The summed E-state index contributed by atoms with van der Waals surface area (Å²) >= 11 is 3.20. The van der Waals surface area contributed by atoms with E-state index in [4.69, 9.17) is 5.73 Å². The topological polar surface area (TPSA) is 85.1 Å². The van der Waals surface area contributed by atoms with Gasteiger partial charge >= 0.3 is 0 Å². The average molecular weight is 342 g/mol. The lowest BCUT2D eigenvalue weighted by Gasteiger charge is -2.08. The van der Waals surface area contributed by atoms with E-state index in [2.05, 4.69) is 25.6 Å². The van der Waals surface area contributed by atoms with Gasteiger partial charge in [-0.1, -0.05) is 6.07 Å². The Morgan fingerprint density at radius 2 is 2.11 bits per heavy atom. The SMILES string of the molecule is Nc1ccc(S(=O)(=O)NCc2cccnc2)c(Br)c1. The third kappa shape index (κ3) is 3.52. The van der Waals surface area contributed by atoms with E-state index in [1.54, 1.807) is 36.7 Å². The Labute approximate surface area is 120 Å². The Bertz CT molecular complexity index is 675. The van der Waals surface area contributed by atoms with Crippen molar-refractivity contribution in [1.29, 1.82) is 0 Å². The van der Waals surface area contributed by atoms with E-state index in [-0.39, 0.29) is 11.4 Å². The average Bonchev–Trinajstić information content (AvgIpc) is 2.37. The molecule has 0 saturated heterocycles. The van der Waals surface area contributed by atoms with Crippen LogP contribution in [-0.4, -0.2) is 13.4 Å². The van der Waals surface area contributed by atoms with Gasteiger partial charge in [0.05, 0.1) is 4.90 Å². The van der Waals surface area contributed by atoms with Crippen molar-refractivity contribution in [3.8, 4) is 0 Å². The number of benzene rings is 1. The van der Waals surface area contributed by atoms with Gasteiger partial charge in [-0.25, -0.2) is 13.1 Å². The first kappa shape index (κ1) is 14.0. The molecule has 3 N–H and O–H groups in total. The van der Waals surface area contributed by atoms with E-state index in [1.807, 2.05) is 0 Å². The molecule has 0 atom stereocenters. The van der Waals surface area contributed by atoms with Crippen molar-refractivity contribution in [2.45, 2.75) is 11.4 Å². The van der Waals surface area contributed by atoms with Gasteiger partial charge in [-0.2, -0.15) is 0 Å². The molecule has 5 nitrogen and oxygen atoms in total. The third-order valence-electron chi connectivity index (χ3n) is 2.43. The lowest BCUT2D eigenvalue weighted by molar-refractivity contribution is 0.581. The maximum Gasteiger partial charge on any atom is 0.241 e. The highest BCUT2D eigenvalue weighted by atomic mass is 79.9. The molecule has 1 heterocycles. The molecule has 0 aliphatic heterocycles. The predicted octanol–water partition coefficient (Wildman–Crippen LogP) is 1.90. The standard InChI is InChI=1S/C12H12BrN3O2S/c13-11-6-10(14)3-4-12(11)19(17,18)16-8-9-2-1-5-15-7-9/h1-7,16H,8,14H2. The monoisotopic (exact) mass is 341 g/mol. The van der Waals surface area contributed by atoms with E-state index < -0.39 is 10.0 Å². The minimum Gasteiger partial charge on any atom is -0.399 e. The fourth-order valence-electron chi connectivity index (χ4n) is 1.49. The maximum absolute atomic E-state index is 12.1. The normalized spacial score (nSPS) is 11.4. The summed E-state index contributed by atoms with van der Waals surface area (Å²) in [5.41, 5.74) is 6.87. The zero-order valence-corrected chi connectivity index (χ0v) is 12.3. The second-order valence-electron chi connectivity index (χ2n) is 3.88. The number of hydrogen-bond donors (Lipinski definition) is 2. The smallest absolute Gasteiger partial charge is 0.241 e. The zero-order valence-electron chi connectivity index (χ0n) is 9.88. The third-order valence-corrected chi connectivity index (χ3v) is 4.81. The van der Waals surface area contributed by atoms with Crippen LogP contribution in [0.4, 0.5) is 5.69 Å². The molecule has 0 saturated carbocycles. The summed E-state index contributed by atoms with van der Waals surface area (Å²) in [6.07, 6.45) is 3.25. The van der Waals surface area contributed by atoms with Crippen LogP contribution in [0.2, 0.25) is 0 Å². The minimum atomic E-state index is -3.59. The van der Waals surface area contributed by atoms with Crippen molar-refractivity contribution >= 4 is 31.6 Å². The molecular weight excluding hydrogens is 330 g/mol. The minimum absolute atomic E-state index is 0.158. The van der Waals surface area contributed by atoms with Crippen molar-refractivity contribution in [3.05, 3.63) is 52.8 Å². The summed E-state index contributed by atoms with van der Waals surface area (Å²) in [7, 11) is -3.59. The van der Waals surface area contributed by atoms with Gasteiger partial charge in [-0.15, -0.1) is 0 Å². The van der Waals surface area contributed by atoms with Crippen molar-refractivity contribution in [2.75, 3.05) is 5.73 Å². The van der Waals surface area contributed by atoms with Gasteiger partial charge in [0.2, 0.25) is 10.0 Å². The highest BCUT2D eigenvalue weighted by Crippen LogP contribution is 2.24. The maximum atomic E-state index is 12.1. The second-order valence-corrected chi connectivity index (χ2v) is 6.47. The number of rotatable bonds is 4. The molecule has 0 aliphatic carbocycles. The lowest BCUT2D eigenvalue weighted by atomic mass is 10.3. The fourth-order valence-corrected chi connectivity index (χ4v) is 3.60. The molecule has 1 aromatic carbocycles. The highest BCUT2D eigenvalue weighted by Gasteiger charge is 2.17. The number of nitrogens with two attached hydrogens (primary N) is 1. The molecule has 19 heavy (non-hydrogen) atoms. The fraction of sp³-hybridized carbons (Fsp3) is 0.0833. The second kappa shape index (κ2) is 5.68. The van der Waals surface area contributed by atoms with Crippen LogP contribution in [0.1, 0.15) is 5.56 Å². The highest BCUT2D eigenvalue weighted by molar-refractivity contribution is 9.10. The summed E-state index contributed by atoms with van der Waals surface area (Å²) in [6, 6.07) is 8.11. The van der Waals surface area contributed by atoms with Crippen molar-refractivity contribution in [1.82, 2.24) is 9.71 Å². The van der Waals surface area contributed by atoms with E-state index in [0.29, 0.717) is 10.2 Å². The van der Waals surface area contributed by atoms with Gasteiger partial charge in [-0.05, 0) is 45.8 Å². The van der Waals surface area contributed by atoms with Crippen LogP contribution in [0.25, 0.3) is 0 Å². The molecule has 0 amide bonds. The van der Waals surface area contributed by atoms with Gasteiger partial charge in [0.1, 0.15) is 0 Å². The summed E-state index contributed by atoms with van der Waals surface area (Å²) in [4.78, 5) is 4.08. The first-order valence-electron chi connectivity index (χ1n) is 5.42. The van der Waals surface area contributed by atoms with Gasteiger partial charge in [0.25, 0.3) is 0 Å². The molecule has 0 fully saturated rings. The van der Waals surface area contributed by atoms with E-state index >= 15 is 0 Å². The van der Waals surface area contributed by atoms with E-state index in [1.165, 1.54) is 6.07 Å². The number of halogens is 1. The van der Waals surface area contributed by atoms with Gasteiger partial charge in [0, 0.05) is 29.1 Å². The van der Waals surface area contributed by atoms with E-state index in [0.717, 1.165) is 5.56 Å². The van der Waals surface area contributed by atoms with Crippen molar-refractivity contribution in [2.24, 2.45) is 0 Å². The lowest BCUT2D eigenvalue weighted by Crippen LogP contribution is -2.23. The molecule has 2 aromatic rings. The number of hydrogen-bond acceptors (Lipinski definition) is 4. The molecule has 0 unspecified atom stereocenters. The number of sulfonamides is 1. The van der Waals surface area contributed by atoms with Crippen LogP contribution < -0.4 is 10.5 Å². The predicted molar refractivity (Wildman–Crippen MR) is 76.8 cm³/mol. The van der Waals surface area contributed by atoms with Crippen LogP contribution in [0.3, 0.4) is 0 Å². The summed E-state index contributed by atoms with van der Waals surface area (Å²) in [6.45, 7) is 0.187. The molecule has 2 rings (SSSR count). The van der Waals surface area contributed by atoms with Gasteiger partial charge < -0.3 is 5.73 Å². The van der Waals surface area contributed by atoms with E-state index in [9.17, 15) is 8.42 Å². The molecule has 1 aromatic heterocycles. The molecule has 0 aliphatic rings. The summed E-state index contributed by atoms with van der Waals surface area (Å²) < 4.78 is 27.2. The Morgan fingerprint density at radius 3 is 2.74 bits per heavy atom. The molecule has 7 heteroatoms. The van der Waals surface area contributed by atoms with Crippen LogP contribution in [0.15, 0.2) is 52.1 Å². The molecule has 0 bridgehead atoms. The van der Waals surface area contributed by atoms with Crippen LogP contribution in [-0.2, 0) is 16.6 Å². The number of anilines is 1. The van der Waals surface area contributed by atoms with Gasteiger partial charge in [-0.3, -0.25) is 4.98 Å². The van der Waals surface area contributed by atoms with Crippen LogP contribution >= 0.6 is 15.9 Å². The molecule has 100 valence electrons. The molecule has 0 spiro atoms. The Kier molecular flexibility index (Phi) is 4.18. The largest absolute Gasteiger partial charge is 0.399 e.